The molecule has 0 radical (unpaired) electrons. The predicted octanol–water partition coefficient (Wildman–Crippen LogP) is -1.00. The van der Waals surface area contributed by atoms with E-state index in [1.165, 1.54) is 0 Å². The maximum absolute atomic E-state index is 10.6. The van der Waals surface area contributed by atoms with Crippen LogP contribution in [0.5, 0.6) is 0 Å². The average Bonchev–Trinajstić information content (AvgIpc) is 2.42. The van der Waals surface area contributed by atoms with Crippen LogP contribution in [0.1, 0.15) is 27.2 Å². The van der Waals surface area contributed by atoms with Gasteiger partial charge in [-0.1, -0.05) is 20.3 Å². The fraction of sp³-hybridized carbons (Fsp3) is 0.875. The van der Waals surface area contributed by atoms with Gasteiger partial charge in [0.15, 0.2) is 0 Å². The molecule has 2 nitrogen and oxygen atoms in total. The van der Waals surface area contributed by atoms with Crippen molar-refractivity contribution in [1.82, 2.24) is 0 Å². The summed E-state index contributed by atoms with van der Waals surface area (Å²) >= 11 is 0. The Kier molecular flexibility index (Phi) is 12.6. The number of hydrogen-bond acceptors (Lipinski definition) is 1. The number of rotatable bonds is 1. The Balaban J connectivity index is 0. The van der Waals surface area contributed by atoms with Gasteiger partial charge in [-0.25, -0.2) is 0 Å². The van der Waals surface area contributed by atoms with Crippen LogP contribution in [0.15, 0.2) is 0 Å². The van der Waals surface area contributed by atoms with E-state index in [1.807, 2.05) is 13.8 Å². The fourth-order valence-corrected chi connectivity index (χ4v) is 0.917. The van der Waals surface area contributed by atoms with Crippen LogP contribution in [-0.4, -0.2) is 18.9 Å². The summed E-state index contributed by atoms with van der Waals surface area (Å²) < 4.78 is 0. The van der Waals surface area contributed by atoms with Crippen molar-refractivity contribution < 1.29 is 56.2 Å². The zero-order valence-corrected chi connectivity index (χ0v) is 11.2. The smallest absolute Gasteiger partial charge is 0.662 e. The van der Waals surface area contributed by atoms with Gasteiger partial charge >= 0.3 is 51.4 Å². The van der Waals surface area contributed by atoms with Gasteiger partial charge in [0.25, 0.3) is 0 Å². The normalized spacial score (nSPS) is 21.2. The van der Waals surface area contributed by atoms with Crippen molar-refractivity contribution in [1.29, 1.82) is 0 Å². The van der Waals surface area contributed by atoms with Crippen LogP contribution in [0.25, 0.3) is 5.32 Å². The number of carbonyl (C=O) groups excluding carboxylic acids is 1. The van der Waals surface area contributed by atoms with E-state index in [2.05, 4.69) is 5.32 Å². The van der Waals surface area contributed by atoms with E-state index in [0.717, 1.165) is 19.5 Å². The molecule has 1 rings (SSSR count). The molecule has 1 unspecified atom stereocenters. The fourth-order valence-electron chi connectivity index (χ4n) is 0.917. The Labute approximate surface area is 112 Å². The first kappa shape index (κ1) is 14.8. The quantitative estimate of drug-likeness (QED) is 0.477. The van der Waals surface area contributed by atoms with Crippen molar-refractivity contribution in [2.24, 2.45) is 5.92 Å². The van der Waals surface area contributed by atoms with Crippen LogP contribution in [0.3, 0.4) is 0 Å². The first-order valence-electron chi connectivity index (χ1n) is 3.94. The largest absolute Gasteiger partial charge is 1.00 e. The van der Waals surface area contributed by atoms with Crippen LogP contribution in [0.4, 0.5) is 0 Å². The van der Waals surface area contributed by atoms with E-state index in [0.29, 0.717) is 5.78 Å². The van der Waals surface area contributed by atoms with Crippen LogP contribution >= 0.6 is 0 Å². The van der Waals surface area contributed by atoms with E-state index in [4.69, 9.17) is 0 Å². The molecular weight excluding hydrogens is 165 g/mol. The van der Waals surface area contributed by atoms with Crippen molar-refractivity contribution in [3.8, 4) is 0 Å². The minimum Gasteiger partial charge on any atom is -0.662 e. The SMILES string of the molecule is CC.CC(=O)C1CC[N-]C1.[K+]. The minimum absolute atomic E-state index is 0. The molecule has 3 heteroatoms. The molecule has 0 saturated carbocycles. The molecule has 1 aliphatic rings. The van der Waals surface area contributed by atoms with Gasteiger partial charge in [-0.05, 0) is 12.8 Å². The summed E-state index contributed by atoms with van der Waals surface area (Å²) in [5.41, 5.74) is 0. The Morgan fingerprint density at radius 2 is 2.00 bits per heavy atom. The monoisotopic (exact) mass is 181 g/mol. The molecule has 0 aliphatic carbocycles. The average molecular weight is 181 g/mol. The molecule has 0 spiro atoms. The summed E-state index contributed by atoms with van der Waals surface area (Å²) in [5.74, 6) is 0.557. The van der Waals surface area contributed by atoms with E-state index >= 15 is 0 Å². The predicted molar refractivity (Wildman–Crippen MR) is 43.2 cm³/mol. The van der Waals surface area contributed by atoms with Crippen molar-refractivity contribution in [3.63, 3.8) is 0 Å². The minimum atomic E-state index is 0. The van der Waals surface area contributed by atoms with E-state index in [9.17, 15) is 4.79 Å². The van der Waals surface area contributed by atoms with Gasteiger partial charge in [-0.15, -0.1) is 13.1 Å². The molecule has 1 atom stereocenters. The maximum atomic E-state index is 10.6. The van der Waals surface area contributed by atoms with Gasteiger partial charge < -0.3 is 5.32 Å². The summed E-state index contributed by atoms with van der Waals surface area (Å²) in [6.07, 6.45) is 0.981. The standard InChI is InChI=1S/C6H10NO.C2H6.K/c1-5(8)6-2-3-7-4-6;1-2;/h6H,2-4H2,1H3;1-2H3;/q-1;;+1. The number of nitrogens with zero attached hydrogens (tertiary/aromatic N) is 1. The van der Waals surface area contributed by atoms with E-state index in [1.54, 1.807) is 6.92 Å². The molecule has 1 heterocycles. The van der Waals surface area contributed by atoms with Crippen molar-refractivity contribution in [2.45, 2.75) is 27.2 Å². The second-order valence-corrected chi connectivity index (χ2v) is 2.23. The summed E-state index contributed by atoms with van der Waals surface area (Å²) in [6, 6.07) is 0. The number of ketones is 1. The zero-order chi connectivity index (χ0) is 7.98. The molecule has 1 aliphatic heterocycles. The molecule has 0 aromatic carbocycles. The third-order valence-electron chi connectivity index (χ3n) is 1.56. The summed E-state index contributed by atoms with van der Waals surface area (Å²) in [5, 5.41) is 4.07. The Morgan fingerprint density at radius 3 is 2.18 bits per heavy atom. The second kappa shape index (κ2) is 9.36. The van der Waals surface area contributed by atoms with Crippen LogP contribution in [0.2, 0.25) is 0 Å². The van der Waals surface area contributed by atoms with Crippen molar-refractivity contribution in [2.75, 3.05) is 13.1 Å². The molecule has 1 fully saturated rings. The molecule has 0 aromatic rings. The van der Waals surface area contributed by atoms with Crippen LogP contribution in [0, 0.1) is 5.92 Å². The van der Waals surface area contributed by atoms with Gasteiger partial charge in [-0.3, -0.25) is 4.79 Å². The Hall–Kier alpha value is 1.27. The summed E-state index contributed by atoms with van der Waals surface area (Å²) in [4.78, 5) is 10.6. The molecule has 11 heavy (non-hydrogen) atoms. The van der Waals surface area contributed by atoms with Crippen LogP contribution < -0.4 is 51.4 Å². The Bertz CT molecular complexity index is 100. The van der Waals surface area contributed by atoms with Crippen molar-refractivity contribution >= 4 is 5.78 Å². The first-order chi connectivity index (χ1) is 4.80. The van der Waals surface area contributed by atoms with Gasteiger partial charge in [0.2, 0.25) is 0 Å². The van der Waals surface area contributed by atoms with E-state index < -0.39 is 0 Å². The zero-order valence-electron chi connectivity index (χ0n) is 8.05. The number of Topliss-reactive ketones (excluding diaryl/α,β-unsaturated/α-hetero) is 1. The van der Waals surface area contributed by atoms with Gasteiger partial charge in [0.1, 0.15) is 5.78 Å². The molecule has 0 N–H and O–H groups in total. The molecule has 0 bridgehead atoms. The van der Waals surface area contributed by atoms with Gasteiger partial charge in [0.05, 0.1) is 0 Å². The second-order valence-electron chi connectivity index (χ2n) is 2.23. The van der Waals surface area contributed by atoms with Crippen LogP contribution in [-0.2, 0) is 4.79 Å². The van der Waals surface area contributed by atoms with Crippen molar-refractivity contribution in [3.05, 3.63) is 5.32 Å². The summed E-state index contributed by atoms with van der Waals surface area (Å²) in [7, 11) is 0. The molecule has 60 valence electrons. The van der Waals surface area contributed by atoms with Gasteiger partial charge in [-0.2, -0.15) is 0 Å². The number of carbonyl (C=O) groups is 1. The number of hydrogen-bond donors (Lipinski definition) is 0. The topological polar surface area (TPSA) is 31.2 Å². The molecule has 0 amide bonds. The molecule has 1 saturated heterocycles. The molecule has 0 aromatic heterocycles. The Morgan fingerprint density at radius 1 is 1.45 bits per heavy atom. The maximum Gasteiger partial charge on any atom is 1.00 e. The van der Waals surface area contributed by atoms with Gasteiger partial charge in [0, 0.05) is 0 Å². The third-order valence-corrected chi connectivity index (χ3v) is 1.56. The first-order valence-corrected chi connectivity index (χ1v) is 3.94. The third kappa shape index (κ3) is 6.43. The summed E-state index contributed by atoms with van der Waals surface area (Å²) in [6.45, 7) is 7.31. The molecular formula is C8H16KNO. The van der Waals surface area contributed by atoms with E-state index in [-0.39, 0.29) is 57.3 Å².